The van der Waals surface area contributed by atoms with Crippen LogP contribution in [0.25, 0.3) is 0 Å². The van der Waals surface area contributed by atoms with E-state index in [0.29, 0.717) is 12.4 Å². The molecule has 18 heavy (non-hydrogen) atoms. The van der Waals surface area contributed by atoms with E-state index in [1.807, 2.05) is 19.9 Å². The molecule has 0 heterocycles. The molecule has 0 atom stereocenters. The molecular weight excluding hydrogens is 298 g/mol. The molecular formula is C13H16BrNO3. The van der Waals surface area contributed by atoms with Crippen molar-refractivity contribution in [2.45, 2.75) is 26.7 Å². The Bertz CT molecular complexity index is 483. The van der Waals surface area contributed by atoms with Crippen LogP contribution in [0.4, 0.5) is 5.69 Å². The molecule has 98 valence electrons. The van der Waals surface area contributed by atoms with Crippen molar-refractivity contribution >= 4 is 21.6 Å². The van der Waals surface area contributed by atoms with Gasteiger partial charge in [-0.15, -0.1) is 0 Å². The predicted molar refractivity (Wildman–Crippen MR) is 73.5 cm³/mol. The van der Waals surface area contributed by atoms with E-state index in [2.05, 4.69) is 15.9 Å². The summed E-state index contributed by atoms with van der Waals surface area (Å²) in [6.45, 7) is 4.25. The summed E-state index contributed by atoms with van der Waals surface area (Å²) in [5.41, 5.74) is 1.96. The monoisotopic (exact) mass is 313 g/mol. The van der Waals surface area contributed by atoms with Gasteiger partial charge in [0.1, 0.15) is 0 Å². The molecule has 5 heteroatoms. The van der Waals surface area contributed by atoms with Gasteiger partial charge in [-0.05, 0) is 37.8 Å². The van der Waals surface area contributed by atoms with E-state index in [4.69, 9.17) is 4.74 Å². The minimum absolute atomic E-state index is 0.0675. The Hall–Kier alpha value is -1.10. The van der Waals surface area contributed by atoms with Gasteiger partial charge >= 0.3 is 5.69 Å². The lowest BCUT2D eigenvalue weighted by atomic mass is 10.1. The van der Waals surface area contributed by atoms with Crippen molar-refractivity contribution in [1.82, 2.24) is 0 Å². The summed E-state index contributed by atoms with van der Waals surface area (Å²) in [5, 5.41) is 11.9. The van der Waals surface area contributed by atoms with Gasteiger partial charge in [-0.25, -0.2) is 0 Å². The molecule has 0 radical (unpaired) electrons. The van der Waals surface area contributed by atoms with Crippen molar-refractivity contribution in [3.05, 3.63) is 33.4 Å². The lowest BCUT2D eigenvalue weighted by Gasteiger charge is -2.15. The zero-order chi connectivity index (χ0) is 13.3. The molecule has 2 rings (SSSR count). The predicted octanol–water partition coefficient (Wildman–Crippen LogP) is 3.77. The third-order valence-electron chi connectivity index (χ3n) is 3.36. The van der Waals surface area contributed by atoms with Gasteiger partial charge < -0.3 is 4.74 Å². The number of nitro benzene ring substituents is 1. The van der Waals surface area contributed by atoms with Gasteiger partial charge in [0, 0.05) is 16.8 Å². The summed E-state index contributed by atoms with van der Waals surface area (Å²) < 4.78 is 5.73. The highest BCUT2D eigenvalue weighted by Gasteiger charge is 2.42. The van der Waals surface area contributed by atoms with Crippen LogP contribution in [0.5, 0.6) is 5.75 Å². The molecule has 0 aliphatic heterocycles. The van der Waals surface area contributed by atoms with Crippen LogP contribution >= 0.6 is 15.9 Å². The molecule has 0 N–H and O–H groups in total. The lowest BCUT2D eigenvalue weighted by Crippen LogP contribution is -2.15. The fourth-order valence-electron chi connectivity index (χ4n) is 1.97. The summed E-state index contributed by atoms with van der Waals surface area (Å²) in [7, 11) is 0. The molecule has 1 fully saturated rings. The van der Waals surface area contributed by atoms with Crippen LogP contribution in [0.1, 0.15) is 24.0 Å². The van der Waals surface area contributed by atoms with Crippen molar-refractivity contribution in [2.24, 2.45) is 5.41 Å². The second-order valence-corrected chi connectivity index (χ2v) is 5.67. The van der Waals surface area contributed by atoms with Crippen LogP contribution < -0.4 is 4.74 Å². The first-order valence-electron chi connectivity index (χ1n) is 5.92. The van der Waals surface area contributed by atoms with Crippen molar-refractivity contribution in [3.63, 3.8) is 0 Å². The van der Waals surface area contributed by atoms with Gasteiger partial charge in [0.15, 0.2) is 5.75 Å². The number of benzene rings is 1. The third kappa shape index (κ3) is 2.66. The highest BCUT2D eigenvalue weighted by Crippen LogP contribution is 2.48. The van der Waals surface area contributed by atoms with Crippen LogP contribution in [0.15, 0.2) is 12.1 Å². The summed E-state index contributed by atoms with van der Waals surface area (Å²) in [4.78, 5) is 10.7. The SMILES string of the molecule is Cc1cc(C)c(OCC2(CBr)CC2)c([N+](=O)[O-])c1. The Labute approximate surface area is 115 Å². The Kier molecular flexibility index (Phi) is 3.61. The van der Waals surface area contributed by atoms with E-state index in [1.165, 1.54) is 0 Å². The van der Waals surface area contributed by atoms with Crippen molar-refractivity contribution in [1.29, 1.82) is 0 Å². The van der Waals surface area contributed by atoms with Crippen LogP contribution in [0.2, 0.25) is 0 Å². The Morgan fingerprint density at radius 3 is 2.61 bits per heavy atom. The summed E-state index contributed by atoms with van der Waals surface area (Å²) >= 11 is 3.47. The molecule has 1 saturated carbocycles. The van der Waals surface area contributed by atoms with E-state index >= 15 is 0 Å². The first-order chi connectivity index (χ1) is 8.47. The largest absolute Gasteiger partial charge is 0.486 e. The standard InChI is InChI=1S/C13H16BrNO3/c1-9-5-10(2)12(11(6-9)15(16)17)18-8-13(7-14)3-4-13/h5-6H,3-4,7-8H2,1-2H3. The maximum atomic E-state index is 11.1. The Morgan fingerprint density at radius 2 is 2.11 bits per heavy atom. The Morgan fingerprint density at radius 1 is 1.44 bits per heavy atom. The highest BCUT2D eigenvalue weighted by molar-refractivity contribution is 9.09. The summed E-state index contributed by atoms with van der Waals surface area (Å²) in [6.07, 6.45) is 2.24. The molecule has 0 spiro atoms. The molecule has 1 aromatic carbocycles. The molecule has 4 nitrogen and oxygen atoms in total. The third-order valence-corrected chi connectivity index (χ3v) is 4.55. The highest BCUT2D eigenvalue weighted by atomic mass is 79.9. The van der Waals surface area contributed by atoms with Gasteiger partial charge in [0.25, 0.3) is 0 Å². The fraction of sp³-hybridized carbons (Fsp3) is 0.538. The van der Waals surface area contributed by atoms with Crippen LogP contribution in [0, 0.1) is 29.4 Å². The summed E-state index contributed by atoms with van der Waals surface area (Å²) in [6, 6.07) is 3.48. The molecule has 1 aliphatic rings. The van der Waals surface area contributed by atoms with Crippen molar-refractivity contribution in [3.8, 4) is 5.75 Å². The first kappa shape index (κ1) is 13.3. The summed E-state index contributed by atoms with van der Waals surface area (Å²) in [5.74, 6) is 0.415. The number of hydrogen-bond donors (Lipinski definition) is 0. The number of hydrogen-bond acceptors (Lipinski definition) is 3. The van der Waals surface area contributed by atoms with Crippen molar-refractivity contribution < 1.29 is 9.66 Å². The topological polar surface area (TPSA) is 52.4 Å². The molecule has 0 amide bonds. The van der Waals surface area contributed by atoms with Gasteiger partial charge in [-0.1, -0.05) is 22.0 Å². The second-order valence-electron chi connectivity index (χ2n) is 5.11. The number of ether oxygens (including phenoxy) is 1. The quantitative estimate of drug-likeness (QED) is 0.472. The van der Waals surface area contributed by atoms with Crippen molar-refractivity contribution in [2.75, 3.05) is 11.9 Å². The molecule has 0 bridgehead atoms. The normalized spacial score (nSPS) is 16.4. The maximum absolute atomic E-state index is 11.1. The minimum atomic E-state index is -0.372. The number of halogens is 1. The van der Waals surface area contributed by atoms with Crippen LogP contribution in [-0.2, 0) is 0 Å². The van der Waals surface area contributed by atoms with E-state index in [0.717, 1.165) is 29.3 Å². The molecule has 0 saturated heterocycles. The maximum Gasteiger partial charge on any atom is 0.311 e. The van der Waals surface area contributed by atoms with E-state index < -0.39 is 0 Å². The smallest absolute Gasteiger partial charge is 0.311 e. The van der Waals surface area contributed by atoms with Gasteiger partial charge in [0.05, 0.1) is 11.5 Å². The zero-order valence-corrected chi connectivity index (χ0v) is 12.1. The van der Waals surface area contributed by atoms with E-state index in [-0.39, 0.29) is 16.0 Å². The second kappa shape index (κ2) is 4.88. The van der Waals surface area contributed by atoms with Gasteiger partial charge in [-0.2, -0.15) is 0 Å². The molecule has 1 aliphatic carbocycles. The number of alkyl halides is 1. The van der Waals surface area contributed by atoms with E-state index in [9.17, 15) is 10.1 Å². The number of aryl methyl sites for hydroxylation is 2. The zero-order valence-electron chi connectivity index (χ0n) is 10.5. The average Bonchev–Trinajstić information content (AvgIpc) is 3.07. The minimum Gasteiger partial charge on any atom is -0.486 e. The molecule has 0 unspecified atom stereocenters. The van der Waals surface area contributed by atoms with Gasteiger partial charge in [-0.3, -0.25) is 10.1 Å². The number of nitro groups is 1. The number of rotatable bonds is 5. The Balaban J connectivity index is 2.23. The average molecular weight is 314 g/mol. The lowest BCUT2D eigenvalue weighted by molar-refractivity contribution is -0.386. The van der Waals surface area contributed by atoms with Gasteiger partial charge in [0.2, 0.25) is 0 Å². The van der Waals surface area contributed by atoms with Crippen LogP contribution in [0.3, 0.4) is 0 Å². The number of nitrogens with zero attached hydrogens (tertiary/aromatic N) is 1. The van der Waals surface area contributed by atoms with Crippen LogP contribution in [-0.4, -0.2) is 16.9 Å². The van der Waals surface area contributed by atoms with E-state index in [1.54, 1.807) is 6.07 Å². The first-order valence-corrected chi connectivity index (χ1v) is 7.04. The molecule has 1 aromatic rings. The molecule has 0 aromatic heterocycles. The fourth-order valence-corrected chi connectivity index (χ4v) is 2.70.